The first-order chi connectivity index (χ1) is 7.88. The lowest BCUT2D eigenvalue weighted by Gasteiger charge is -2.11. The van der Waals surface area contributed by atoms with Crippen LogP contribution in [0.15, 0.2) is 24.3 Å². The zero-order valence-electron chi connectivity index (χ0n) is 9.48. The highest BCUT2D eigenvalue weighted by atomic mass is 16.5. The molecule has 0 spiro atoms. The van der Waals surface area contributed by atoms with Crippen LogP contribution in [0.5, 0.6) is 0 Å². The van der Waals surface area contributed by atoms with Gasteiger partial charge in [-0.25, -0.2) is 0 Å². The average Bonchev–Trinajstić information content (AvgIpc) is 2.82. The Labute approximate surface area is 96.4 Å². The molecule has 1 aliphatic heterocycles. The molecular formula is C13H19NO2. The Morgan fingerprint density at radius 3 is 2.75 bits per heavy atom. The van der Waals surface area contributed by atoms with Crippen molar-refractivity contribution in [2.45, 2.75) is 12.8 Å². The van der Waals surface area contributed by atoms with E-state index in [4.69, 9.17) is 9.84 Å². The van der Waals surface area contributed by atoms with Gasteiger partial charge in [-0.1, -0.05) is 12.1 Å². The van der Waals surface area contributed by atoms with Crippen molar-refractivity contribution in [2.75, 3.05) is 31.7 Å². The van der Waals surface area contributed by atoms with Crippen LogP contribution in [0.1, 0.15) is 12.0 Å². The molecule has 3 nitrogen and oxygen atoms in total. The standard InChI is InChI=1S/C13H19NO2/c15-7-5-11-1-3-13(4-2-11)14-9-12-6-8-16-10-12/h1-4,12,14-15H,5-10H2. The van der Waals surface area contributed by atoms with Crippen molar-refractivity contribution in [3.63, 3.8) is 0 Å². The van der Waals surface area contributed by atoms with Gasteiger partial charge in [0.05, 0.1) is 6.61 Å². The van der Waals surface area contributed by atoms with Crippen molar-refractivity contribution < 1.29 is 9.84 Å². The summed E-state index contributed by atoms with van der Waals surface area (Å²) < 4.78 is 5.33. The van der Waals surface area contributed by atoms with Gasteiger partial charge in [-0.15, -0.1) is 0 Å². The second-order valence-corrected chi connectivity index (χ2v) is 4.28. The number of aliphatic hydroxyl groups is 1. The van der Waals surface area contributed by atoms with E-state index in [1.54, 1.807) is 0 Å². The molecule has 1 atom stereocenters. The highest BCUT2D eigenvalue weighted by molar-refractivity contribution is 5.44. The fourth-order valence-corrected chi connectivity index (χ4v) is 1.92. The molecule has 0 bridgehead atoms. The number of benzene rings is 1. The summed E-state index contributed by atoms with van der Waals surface area (Å²) in [5, 5.41) is 12.2. The molecule has 1 aliphatic rings. The quantitative estimate of drug-likeness (QED) is 0.794. The van der Waals surface area contributed by atoms with Crippen LogP contribution in [-0.4, -0.2) is 31.5 Å². The maximum absolute atomic E-state index is 8.81. The Bertz CT molecular complexity index is 304. The molecule has 0 amide bonds. The van der Waals surface area contributed by atoms with E-state index in [1.165, 1.54) is 5.56 Å². The normalized spacial score (nSPS) is 19.9. The Morgan fingerprint density at radius 1 is 1.31 bits per heavy atom. The molecule has 0 aromatic heterocycles. The second kappa shape index (κ2) is 5.87. The van der Waals surface area contributed by atoms with E-state index in [2.05, 4.69) is 29.6 Å². The highest BCUT2D eigenvalue weighted by Crippen LogP contribution is 2.15. The van der Waals surface area contributed by atoms with Crippen molar-refractivity contribution >= 4 is 5.69 Å². The molecule has 0 radical (unpaired) electrons. The molecule has 1 heterocycles. The summed E-state index contributed by atoms with van der Waals surface area (Å²) in [5.41, 5.74) is 2.32. The van der Waals surface area contributed by atoms with Crippen molar-refractivity contribution in [1.29, 1.82) is 0 Å². The van der Waals surface area contributed by atoms with Crippen molar-refractivity contribution in [2.24, 2.45) is 5.92 Å². The SMILES string of the molecule is OCCc1ccc(NCC2CCOC2)cc1. The van der Waals surface area contributed by atoms with Crippen LogP contribution in [0.4, 0.5) is 5.69 Å². The predicted molar refractivity (Wildman–Crippen MR) is 64.6 cm³/mol. The number of nitrogens with one attached hydrogen (secondary N) is 1. The first-order valence-corrected chi connectivity index (χ1v) is 5.90. The zero-order valence-corrected chi connectivity index (χ0v) is 9.48. The molecule has 1 fully saturated rings. The lowest BCUT2D eigenvalue weighted by atomic mass is 10.1. The lowest BCUT2D eigenvalue weighted by Crippen LogP contribution is -2.13. The maximum atomic E-state index is 8.81. The minimum absolute atomic E-state index is 0.214. The van der Waals surface area contributed by atoms with Crippen LogP contribution in [0, 0.1) is 5.92 Å². The monoisotopic (exact) mass is 221 g/mol. The summed E-state index contributed by atoms with van der Waals surface area (Å²) in [6, 6.07) is 8.26. The summed E-state index contributed by atoms with van der Waals surface area (Å²) >= 11 is 0. The summed E-state index contributed by atoms with van der Waals surface area (Å²) in [5.74, 6) is 0.650. The minimum Gasteiger partial charge on any atom is -0.396 e. The van der Waals surface area contributed by atoms with Crippen LogP contribution in [0.25, 0.3) is 0 Å². The molecular weight excluding hydrogens is 202 g/mol. The number of ether oxygens (including phenoxy) is 1. The zero-order chi connectivity index (χ0) is 11.2. The molecule has 2 N–H and O–H groups in total. The van der Waals surface area contributed by atoms with Gasteiger partial charge in [-0.2, -0.15) is 0 Å². The summed E-state index contributed by atoms with van der Waals surface area (Å²) in [7, 11) is 0. The van der Waals surface area contributed by atoms with Crippen molar-refractivity contribution in [3.05, 3.63) is 29.8 Å². The summed E-state index contributed by atoms with van der Waals surface area (Å²) in [4.78, 5) is 0. The fraction of sp³-hybridized carbons (Fsp3) is 0.538. The summed E-state index contributed by atoms with van der Waals surface area (Å²) in [6.07, 6.45) is 1.90. The number of anilines is 1. The van der Waals surface area contributed by atoms with Crippen molar-refractivity contribution in [3.8, 4) is 0 Å². The molecule has 2 rings (SSSR count). The molecule has 1 unspecified atom stereocenters. The third-order valence-electron chi connectivity index (χ3n) is 2.97. The molecule has 1 aromatic carbocycles. The Balaban J connectivity index is 1.80. The van der Waals surface area contributed by atoms with Gasteiger partial charge >= 0.3 is 0 Å². The number of hydrogen-bond donors (Lipinski definition) is 2. The van der Waals surface area contributed by atoms with Crippen LogP contribution in [0.3, 0.4) is 0 Å². The van der Waals surface area contributed by atoms with E-state index in [0.717, 1.165) is 38.3 Å². The Morgan fingerprint density at radius 2 is 2.12 bits per heavy atom. The molecule has 0 saturated carbocycles. The molecule has 16 heavy (non-hydrogen) atoms. The molecule has 88 valence electrons. The van der Waals surface area contributed by atoms with Gasteiger partial charge in [-0.05, 0) is 30.5 Å². The predicted octanol–water partition coefficient (Wildman–Crippen LogP) is 1.67. The largest absolute Gasteiger partial charge is 0.396 e. The van der Waals surface area contributed by atoms with Gasteiger partial charge < -0.3 is 15.2 Å². The lowest BCUT2D eigenvalue weighted by molar-refractivity contribution is 0.187. The minimum atomic E-state index is 0.214. The van der Waals surface area contributed by atoms with E-state index in [9.17, 15) is 0 Å². The molecule has 1 saturated heterocycles. The average molecular weight is 221 g/mol. The molecule has 0 aliphatic carbocycles. The maximum Gasteiger partial charge on any atom is 0.0511 e. The van der Waals surface area contributed by atoms with Crippen LogP contribution < -0.4 is 5.32 Å². The van der Waals surface area contributed by atoms with Gasteiger partial charge in [0.2, 0.25) is 0 Å². The molecule has 3 heteroatoms. The number of rotatable bonds is 5. The van der Waals surface area contributed by atoms with Crippen molar-refractivity contribution in [1.82, 2.24) is 0 Å². The van der Waals surface area contributed by atoms with Gasteiger partial charge in [0.15, 0.2) is 0 Å². The van der Waals surface area contributed by atoms with E-state index < -0.39 is 0 Å². The smallest absolute Gasteiger partial charge is 0.0511 e. The Kier molecular flexibility index (Phi) is 4.19. The van der Waals surface area contributed by atoms with E-state index in [1.807, 2.05) is 0 Å². The fourth-order valence-electron chi connectivity index (χ4n) is 1.92. The number of aliphatic hydroxyl groups excluding tert-OH is 1. The van der Waals surface area contributed by atoms with Gasteiger partial charge in [-0.3, -0.25) is 0 Å². The van der Waals surface area contributed by atoms with Crippen LogP contribution >= 0.6 is 0 Å². The van der Waals surface area contributed by atoms with Gasteiger partial charge in [0.1, 0.15) is 0 Å². The topological polar surface area (TPSA) is 41.5 Å². The number of hydrogen-bond acceptors (Lipinski definition) is 3. The van der Waals surface area contributed by atoms with E-state index in [0.29, 0.717) is 5.92 Å². The third-order valence-corrected chi connectivity index (χ3v) is 2.97. The van der Waals surface area contributed by atoms with E-state index >= 15 is 0 Å². The first kappa shape index (κ1) is 11.4. The third kappa shape index (κ3) is 3.22. The highest BCUT2D eigenvalue weighted by Gasteiger charge is 2.14. The van der Waals surface area contributed by atoms with Crippen LogP contribution in [0.2, 0.25) is 0 Å². The first-order valence-electron chi connectivity index (χ1n) is 5.90. The second-order valence-electron chi connectivity index (χ2n) is 4.28. The Hall–Kier alpha value is -1.06. The van der Waals surface area contributed by atoms with Gasteiger partial charge in [0.25, 0.3) is 0 Å². The van der Waals surface area contributed by atoms with Crippen LogP contribution in [-0.2, 0) is 11.2 Å². The van der Waals surface area contributed by atoms with E-state index in [-0.39, 0.29) is 6.61 Å². The van der Waals surface area contributed by atoms with Gasteiger partial charge in [0, 0.05) is 31.4 Å². The molecule has 1 aromatic rings. The summed E-state index contributed by atoms with van der Waals surface area (Å²) in [6.45, 7) is 2.99.